The molecular formula is C19H22N8O. The predicted molar refractivity (Wildman–Crippen MR) is 109 cm³/mol. The van der Waals surface area contributed by atoms with Crippen molar-refractivity contribution in [3.05, 3.63) is 47.0 Å². The number of aromatic nitrogens is 5. The van der Waals surface area contributed by atoms with Crippen LogP contribution in [-0.4, -0.2) is 36.9 Å². The van der Waals surface area contributed by atoms with Crippen molar-refractivity contribution in [1.82, 2.24) is 24.8 Å². The van der Waals surface area contributed by atoms with Crippen molar-refractivity contribution in [2.45, 2.75) is 37.8 Å². The first kappa shape index (κ1) is 16.8. The second kappa shape index (κ2) is 6.68. The lowest BCUT2D eigenvalue weighted by Crippen LogP contribution is -2.33. The molecule has 1 aromatic carbocycles. The molecule has 6 N–H and O–H groups in total. The second-order valence-electron chi connectivity index (χ2n) is 7.36. The Labute approximate surface area is 160 Å². The molecule has 0 atom stereocenters. The van der Waals surface area contributed by atoms with Crippen molar-refractivity contribution >= 4 is 33.7 Å². The zero-order valence-electron chi connectivity index (χ0n) is 15.3. The topological polar surface area (TPSA) is 129 Å². The molecule has 0 spiro atoms. The summed E-state index contributed by atoms with van der Waals surface area (Å²) in [5.41, 5.74) is 9.07. The van der Waals surface area contributed by atoms with Gasteiger partial charge in [0, 0.05) is 36.2 Å². The number of anilines is 3. The number of aromatic amines is 2. The summed E-state index contributed by atoms with van der Waals surface area (Å²) >= 11 is 0. The maximum atomic E-state index is 11.7. The second-order valence-corrected chi connectivity index (χ2v) is 7.36. The molecule has 9 nitrogen and oxygen atoms in total. The predicted octanol–water partition coefficient (Wildman–Crippen LogP) is 2.32. The standard InChI is InChI=1S/C19H22N8O/c20-11-1-3-12(4-2-11)23-17-10-16(18-21-7-8-27(18)26-17)22-13-5-6-14-15(9-13)24-25-19(14)28/h5-12,22H,1-4,20H2,(H,23,26)(H2,24,25,28)/t11-,12-. The van der Waals surface area contributed by atoms with Gasteiger partial charge in [-0.1, -0.05) is 0 Å². The number of nitrogens with two attached hydrogens (primary N) is 1. The molecule has 0 unspecified atom stereocenters. The lowest BCUT2D eigenvalue weighted by atomic mass is 9.92. The fraction of sp³-hybridized carbons (Fsp3) is 0.316. The van der Waals surface area contributed by atoms with Crippen molar-refractivity contribution in [3.8, 4) is 0 Å². The molecular weight excluding hydrogens is 356 g/mol. The van der Waals surface area contributed by atoms with Crippen LogP contribution in [0.3, 0.4) is 0 Å². The third kappa shape index (κ3) is 3.09. The first-order valence-electron chi connectivity index (χ1n) is 9.50. The van der Waals surface area contributed by atoms with Crippen molar-refractivity contribution in [1.29, 1.82) is 0 Å². The van der Waals surface area contributed by atoms with Gasteiger partial charge in [-0.15, -0.1) is 5.10 Å². The normalized spacial score (nSPS) is 19.9. The Morgan fingerprint density at radius 3 is 2.86 bits per heavy atom. The average molecular weight is 378 g/mol. The van der Waals surface area contributed by atoms with Gasteiger partial charge in [-0.2, -0.15) is 0 Å². The van der Waals surface area contributed by atoms with Crippen LogP contribution in [-0.2, 0) is 0 Å². The van der Waals surface area contributed by atoms with Crippen LogP contribution in [0.15, 0.2) is 41.5 Å². The summed E-state index contributed by atoms with van der Waals surface area (Å²) in [6, 6.07) is 8.22. The highest BCUT2D eigenvalue weighted by Gasteiger charge is 2.19. The Kier molecular flexibility index (Phi) is 4.01. The van der Waals surface area contributed by atoms with Crippen molar-refractivity contribution < 1.29 is 0 Å². The van der Waals surface area contributed by atoms with Gasteiger partial charge in [0.15, 0.2) is 5.65 Å². The van der Waals surface area contributed by atoms with E-state index in [1.807, 2.05) is 24.4 Å². The van der Waals surface area contributed by atoms with Crippen LogP contribution in [0.2, 0.25) is 0 Å². The van der Waals surface area contributed by atoms with E-state index in [0.717, 1.165) is 54.0 Å². The number of imidazole rings is 1. The van der Waals surface area contributed by atoms with Gasteiger partial charge in [-0.05, 0) is 43.9 Å². The summed E-state index contributed by atoms with van der Waals surface area (Å²) in [6.45, 7) is 0. The summed E-state index contributed by atoms with van der Waals surface area (Å²) < 4.78 is 1.76. The number of fused-ring (bicyclic) bond motifs is 2. The highest BCUT2D eigenvalue weighted by atomic mass is 16.1. The molecule has 9 heteroatoms. The Hall–Kier alpha value is -3.33. The Bertz CT molecular complexity index is 1180. The summed E-state index contributed by atoms with van der Waals surface area (Å²) in [7, 11) is 0. The molecule has 3 heterocycles. The van der Waals surface area contributed by atoms with E-state index in [9.17, 15) is 4.79 Å². The van der Waals surface area contributed by atoms with E-state index < -0.39 is 0 Å². The zero-order valence-corrected chi connectivity index (χ0v) is 15.3. The third-order valence-corrected chi connectivity index (χ3v) is 5.34. The average Bonchev–Trinajstić information content (AvgIpc) is 3.31. The minimum atomic E-state index is -0.125. The lowest BCUT2D eigenvalue weighted by Gasteiger charge is -2.27. The molecule has 144 valence electrons. The van der Waals surface area contributed by atoms with Gasteiger partial charge in [-0.3, -0.25) is 15.0 Å². The minimum absolute atomic E-state index is 0.125. The molecule has 4 aromatic rings. The molecule has 1 fully saturated rings. The smallest absolute Gasteiger partial charge is 0.271 e. The van der Waals surface area contributed by atoms with Crippen LogP contribution in [0.5, 0.6) is 0 Å². The molecule has 1 aliphatic rings. The number of rotatable bonds is 4. The van der Waals surface area contributed by atoms with Gasteiger partial charge in [0.05, 0.1) is 16.6 Å². The first-order chi connectivity index (χ1) is 13.7. The monoisotopic (exact) mass is 378 g/mol. The van der Waals surface area contributed by atoms with E-state index in [1.165, 1.54) is 0 Å². The van der Waals surface area contributed by atoms with E-state index >= 15 is 0 Å². The van der Waals surface area contributed by atoms with Gasteiger partial charge >= 0.3 is 0 Å². The van der Waals surface area contributed by atoms with Crippen molar-refractivity contribution in [2.24, 2.45) is 5.73 Å². The third-order valence-electron chi connectivity index (χ3n) is 5.34. The van der Waals surface area contributed by atoms with Crippen LogP contribution in [0, 0.1) is 0 Å². The quantitative estimate of drug-likeness (QED) is 0.371. The molecule has 0 bridgehead atoms. The Balaban J connectivity index is 1.45. The highest BCUT2D eigenvalue weighted by molar-refractivity contribution is 5.84. The molecule has 0 saturated heterocycles. The molecule has 0 amide bonds. The van der Waals surface area contributed by atoms with Crippen molar-refractivity contribution in [2.75, 3.05) is 10.6 Å². The highest BCUT2D eigenvalue weighted by Crippen LogP contribution is 2.26. The lowest BCUT2D eigenvalue weighted by molar-refractivity contribution is 0.410. The van der Waals surface area contributed by atoms with Crippen LogP contribution < -0.4 is 21.9 Å². The molecule has 5 rings (SSSR count). The van der Waals surface area contributed by atoms with Gasteiger partial charge in [0.2, 0.25) is 0 Å². The van der Waals surface area contributed by atoms with E-state index in [4.69, 9.17) is 5.73 Å². The number of H-pyrrole nitrogens is 2. The number of benzene rings is 1. The van der Waals surface area contributed by atoms with E-state index in [1.54, 1.807) is 16.8 Å². The number of hydrogen-bond acceptors (Lipinski definition) is 6. The zero-order chi connectivity index (χ0) is 19.1. The van der Waals surface area contributed by atoms with Crippen LogP contribution in [0.1, 0.15) is 25.7 Å². The summed E-state index contributed by atoms with van der Waals surface area (Å²) in [4.78, 5) is 16.1. The van der Waals surface area contributed by atoms with Crippen LogP contribution >= 0.6 is 0 Å². The fourth-order valence-corrected chi connectivity index (χ4v) is 3.82. The SMILES string of the molecule is N[C@H]1CC[C@H](Nc2cc(Nc3ccc4c(=O)[nH][nH]c4c3)c3nccn3n2)CC1. The van der Waals surface area contributed by atoms with E-state index in [0.29, 0.717) is 17.5 Å². The van der Waals surface area contributed by atoms with Gasteiger partial charge in [0.1, 0.15) is 5.82 Å². The summed E-state index contributed by atoms with van der Waals surface area (Å²) in [5, 5.41) is 17.7. The maximum absolute atomic E-state index is 11.7. The molecule has 0 aliphatic heterocycles. The molecule has 3 aromatic heterocycles. The summed E-state index contributed by atoms with van der Waals surface area (Å²) in [5.74, 6) is 0.796. The van der Waals surface area contributed by atoms with Gasteiger partial charge < -0.3 is 16.4 Å². The van der Waals surface area contributed by atoms with Crippen LogP contribution in [0.4, 0.5) is 17.2 Å². The first-order valence-corrected chi connectivity index (χ1v) is 9.50. The Morgan fingerprint density at radius 2 is 2.00 bits per heavy atom. The molecule has 1 saturated carbocycles. The van der Waals surface area contributed by atoms with Crippen LogP contribution in [0.25, 0.3) is 16.6 Å². The largest absolute Gasteiger partial charge is 0.366 e. The Morgan fingerprint density at radius 1 is 1.14 bits per heavy atom. The van der Waals surface area contributed by atoms with Gasteiger partial charge in [0.25, 0.3) is 5.56 Å². The van der Waals surface area contributed by atoms with E-state index in [2.05, 4.69) is 30.9 Å². The summed E-state index contributed by atoms with van der Waals surface area (Å²) in [6.07, 6.45) is 7.71. The fourth-order valence-electron chi connectivity index (χ4n) is 3.82. The molecule has 28 heavy (non-hydrogen) atoms. The van der Waals surface area contributed by atoms with Gasteiger partial charge in [-0.25, -0.2) is 9.50 Å². The van der Waals surface area contributed by atoms with E-state index in [-0.39, 0.29) is 5.56 Å². The number of nitrogens with zero attached hydrogens (tertiary/aromatic N) is 3. The number of hydrogen-bond donors (Lipinski definition) is 5. The van der Waals surface area contributed by atoms with Crippen molar-refractivity contribution in [3.63, 3.8) is 0 Å². The molecule has 1 aliphatic carbocycles. The number of nitrogens with one attached hydrogen (secondary N) is 4. The molecule has 0 radical (unpaired) electrons. The maximum Gasteiger partial charge on any atom is 0.271 e. The minimum Gasteiger partial charge on any atom is -0.366 e.